The number of aromatic nitrogens is 2. The van der Waals surface area contributed by atoms with E-state index in [4.69, 9.17) is 0 Å². The number of rotatable bonds is 3. The van der Waals surface area contributed by atoms with Crippen molar-refractivity contribution in [2.75, 3.05) is 5.32 Å². The van der Waals surface area contributed by atoms with Crippen LogP contribution in [0.5, 0.6) is 0 Å². The molecule has 0 aliphatic rings. The Kier molecular flexibility index (Phi) is 3.70. The minimum absolute atomic E-state index is 0.304. The number of nitrogens with one attached hydrogen (secondary N) is 2. The van der Waals surface area contributed by atoms with Crippen LogP contribution in [0.25, 0.3) is 11.3 Å². The third kappa shape index (κ3) is 2.74. The summed E-state index contributed by atoms with van der Waals surface area (Å²) in [6.07, 6.45) is 0. The van der Waals surface area contributed by atoms with E-state index in [-0.39, 0.29) is 11.7 Å². The molecule has 2 aromatic carbocycles. The van der Waals surface area contributed by atoms with Gasteiger partial charge in [-0.15, -0.1) is 0 Å². The van der Waals surface area contributed by atoms with Crippen LogP contribution in [0.1, 0.15) is 16.1 Å². The predicted octanol–water partition coefficient (Wildman–Crippen LogP) is 3.78. The van der Waals surface area contributed by atoms with Crippen LogP contribution in [0.2, 0.25) is 0 Å². The average molecular weight is 295 g/mol. The number of aromatic amines is 1. The molecule has 4 nitrogen and oxygen atoms in total. The van der Waals surface area contributed by atoms with Crippen LogP contribution in [0.3, 0.4) is 0 Å². The van der Waals surface area contributed by atoms with Crippen molar-refractivity contribution in [3.63, 3.8) is 0 Å². The second kappa shape index (κ2) is 5.81. The molecule has 1 amide bonds. The maximum Gasteiger partial charge on any atom is 0.255 e. The number of H-pyrrole nitrogens is 1. The minimum Gasteiger partial charge on any atom is -0.319 e. The Morgan fingerprint density at radius 2 is 1.77 bits per heavy atom. The van der Waals surface area contributed by atoms with Gasteiger partial charge in [0, 0.05) is 11.1 Å². The summed E-state index contributed by atoms with van der Waals surface area (Å²) in [5.41, 5.74) is 3.35. The summed E-state index contributed by atoms with van der Waals surface area (Å²) in [4.78, 5) is 12.3. The Labute approximate surface area is 127 Å². The molecule has 2 N–H and O–H groups in total. The second-order valence-electron chi connectivity index (χ2n) is 4.90. The van der Waals surface area contributed by atoms with Gasteiger partial charge in [-0.2, -0.15) is 5.10 Å². The highest BCUT2D eigenvalue weighted by atomic mass is 19.1. The first-order valence-electron chi connectivity index (χ1n) is 6.82. The fourth-order valence-electron chi connectivity index (χ4n) is 2.17. The highest BCUT2D eigenvalue weighted by Crippen LogP contribution is 2.28. The van der Waals surface area contributed by atoms with Crippen molar-refractivity contribution < 1.29 is 9.18 Å². The third-order valence-electron chi connectivity index (χ3n) is 3.34. The first-order chi connectivity index (χ1) is 10.6. The van der Waals surface area contributed by atoms with Crippen LogP contribution in [0, 0.1) is 12.7 Å². The summed E-state index contributed by atoms with van der Waals surface area (Å²) < 4.78 is 12.9. The van der Waals surface area contributed by atoms with Gasteiger partial charge in [-0.25, -0.2) is 4.39 Å². The lowest BCUT2D eigenvalue weighted by molar-refractivity contribution is 0.102. The van der Waals surface area contributed by atoms with Crippen LogP contribution in [-0.2, 0) is 0 Å². The van der Waals surface area contributed by atoms with Gasteiger partial charge in [0.2, 0.25) is 0 Å². The van der Waals surface area contributed by atoms with E-state index >= 15 is 0 Å². The van der Waals surface area contributed by atoms with Crippen LogP contribution in [0.4, 0.5) is 10.1 Å². The van der Waals surface area contributed by atoms with Gasteiger partial charge in [0.15, 0.2) is 0 Å². The van der Waals surface area contributed by atoms with Gasteiger partial charge in [0.05, 0.1) is 11.4 Å². The first kappa shape index (κ1) is 14.0. The number of halogens is 1. The molecule has 110 valence electrons. The summed E-state index contributed by atoms with van der Waals surface area (Å²) in [5.74, 6) is -0.678. The van der Waals surface area contributed by atoms with Crippen LogP contribution >= 0.6 is 0 Å². The van der Waals surface area contributed by atoms with E-state index in [9.17, 15) is 9.18 Å². The normalized spacial score (nSPS) is 10.5. The molecule has 0 aliphatic heterocycles. The summed E-state index contributed by atoms with van der Waals surface area (Å²) >= 11 is 0. The van der Waals surface area contributed by atoms with Crippen molar-refractivity contribution in [3.8, 4) is 11.3 Å². The number of carbonyl (C=O) groups is 1. The number of anilines is 1. The van der Waals surface area contributed by atoms with Gasteiger partial charge in [0.1, 0.15) is 11.5 Å². The van der Waals surface area contributed by atoms with E-state index in [0.29, 0.717) is 16.9 Å². The first-order valence-corrected chi connectivity index (χ1v) is 6.82. The van der Waals surface area contributed by atoms with Gasteiger partial charge < -0.3 is 5.32 Å². The molecule has 0 saturated carbocycles. The molecule has 0 fully saturated rings. The SMILES string of the molecule is Cc1[nH]nc(-c2ccccc2)c1NC(=O)c1ccc(F)cc1. The van der Waals surface area contributed by atoms with E-state index < -0.39 is 0 Å². The van der Waals surface area contributed by atoms with Gasteiger partial charge in [0.25, 0.3) is 5.91 Å². The molecule has 1 aromatic heterocycles. The van der Waals surface area contributed by atoms with Gasteiger partial charge in [-0.3, -0.25) is 9.89 Å². The molecule has 0 atom stereocenters. The van der Waals surface area contributed by atoms with Crippen molar-refractivity contribution in [1.29, 1.82) is 0 Å². The number of nitrogens with zero attached hydrogens (tertiary/aromatic N) is 1. The zero-order chi connectivity index (χ0) is 15.5. The van der Waals surface area contributed by atoms with Crippen molar-refractivity contribution in [1.82, 2.24) is 10.2 Å². The number of benzene rings is 2. The van der Waals surface area contributed by atoms with Crippen LogP contribution in [-0.4, -0.2) is 16.1 Å². The predicted molar refractivity (Wildman–Crippen MR) is 83.1 cm³/mol. The fraction of sp³-hybridized carbons (Fsp3) is 0.0588. The molecule has 0 saturated heterocycles. The maximum atomic E-state index is 12.9. The molecule has 22 heavy (non-hydrogen) atoms. The van der Waals surface area contributed by atoms with Gasteiger partial charge in [-0.05, 0) is 31.2 Å². The Bertz CT molecular complexity index is 795. The van der Waals surface area contributed by atoms with Crippen LogP contribution in [0.15, 0.2) is 54.6 Å². The molecule has 0 bridgehead atoms. The molecule has 0 spiro atoms. The van der Waals surface area contributed by atoms with Crippen molar-refractivity contribution in [2.24, 2.45) is 0 Å². The summed E-state index contributed by atoms with van der Waals surface area (Å²) in [6.45, 7) is 1.83. The molecule has 5 heteroatoms. The van der Waals surface area contributed by atoms with Gasteiger partial charge in [-0.1, -0.05) is 30.3 Å². The Morgan fingerprint density at radius 3 is 2.45 bits per heavy atom. The highest BCUT2D eigenvalue weighted by molar-refractivity contribution is 6.06. The minimum atomic E-state index is -0.374. The molecule has 0 unspecified atom stereocenters. The Hall–Kier alpha value is -2.95. The Balaban J connectivity index is 1.91. The lowest BCUT2D eigenvalue weighted by Gasteiger charge is -2.07. The molecule has 1 heterocycles. The van der Waals surface area contributed by atoms with Crippen molar-refractivity contribution >= 4 is 11.6 Å². The van der Waals surface area contributed by atoms with E-state index in [2.05, 4.69) is 15.5 Å². The summed E-state index contributed by atoms with van der Waals surface area (Å²) in [6, 6.07) is 15.0. The molecule has 0 aliphatic carbocycles. The highest BCUT2D eigenvalue weighted by Gasteiger charge is 2.15. The lowest BCUT2D eigenvalue weighted by Crippen LogP contribution is -2.12. The fourth-order valence-corrected chi connectivity index (χ4v) is 2.17. The van der Waals surface area contributed by atoms with Crippen molar-refractivity contribution in [2.45, 2.75) is 6.92 Å². The maximum absolute atomic E-state index is 12.9. The Morgan fingerprint density at radius 1 is 1.09 bits per heavy atom. The van der Waals surface area contributed by atoms with Gasteiger partial charge >= 0.3 is 0 Å². The number of hydrogen-bond acceptors (Lipinski definition) is 2. The molecule has 0 radical (unpaired) electrons. The average Bonchev–Trinajstić information content (AvgIpc) is 2.90. The monoisotopic (exact) mass is 295 g/mol. The van der Waals surface area contributed by atoms with E-state index in [1.54, 1.807) is 0 Å². The van der Waals surface area contributed by atoms with E-state index in [1.165, 1.54) is 24.3 Å². The third-order valence-corrected chi connectivity index (χ3v) is 3.34. The molecule has 3 aromatic rings. The molecular formula is C17H14FN3O. The summed E-state index contributed by atoms with van der Waals surface area (Å²) in [5, 5.41) is 9.96. The van der Waals surface area contributed by atoms with E-state index in [1.807, 2.05) is 37.3 Å². The number of amides is 1. The number of carbonyl (C=O) groups excluding carboxylic acids is 1. The quantitative estimate of drug-likeness (QED) is 0.772. The lowest BCUT2D eigenvalue weighted by atomic mass is 10.1. The summed E-state index contributed by atoms with van der Waals surface area (Å²) in [7, 11) is 0. The molecule has 3 rings (SSSR count). The zero-order valence-electron chi connectivity index (χ0n) is 11.9. The number of hydrogen-bond donors (Lipinski definition) is 2. The smallest absolute Gasteiger partial charge is 0.255 e. The second-order valence-corrected chi connectivity index (χ2v) is 4.90. The standard InChI is InChI=1S/C17H14FN3O/c1-11-15(16(21-20-11)12-5-3-2-4-6-12)19-17(22)13-7-9-14(18)10-8-13/h2-10H,1H3,(H,19,22)(H,20,21). The topological polar surface area (TPSA) is 57.8 Å². The van der Waals surface area contributed by atoms with E-state index in [0.717, 1.165) is 11.3 Å². The number of aryl methyl sites for hydroxylation is 1. The zero-order valence-corrected chi connectivity index (χ0v) is 11.9. The molecular weight excluding hydrogens is 281 g/mol. The van der Waals surface area contributed by atoms with Crippen molar-refractivity contribution in [3.05, 3.63) is 71.7 Å². The van der Waals surface area contributed by atoms with Crippen LogP contribution < -0.4 is 5.32 Å². The largest absolute Gasteiger partial charge is 0.319 e.